The second kappa shape index (κ2) is 10.6. The van der Waals surface area contributed by atoms with Crippen molar-refractivity contribution < 1.29 is 29.0 Å². The van der Waals surface area contributed by atoms with E-state index in [4.69, 9.17) is 16.3 Å². The molecule has 4 amide bonds. The third-order valence-electron chi connectivity index (χ3n) is 10.4. The highest BCUT2D eigenvalue weighted by atomic mass is 35.5. The van der Waals surface area contributed by atoms with Crippen LogP contribution in [0, 0.1) is 23.7 Å². The minimum atomic E-state index is -1.48. The Labute approximate surface area is 272 Å². The third-order valence-corrected chi connectivity index (χ3v) is 10.6. The summed E-state index contributed by atoms with van der Waals surface area (Å²) in [7, 11) is 1.46. The number of carbonyl (C=O) groups excluding carboxylic acids is 4. The average molecular weight is 639 g/mol. The van der Waals surface area contributed by atoms with Gasteiger partial charge >= 0.3 is 0 Å². The van der Waals surface area contributed by atoms with Crippen molar-refractivity contribution in [1.82, 2.24) is 4.90 Å². The van der Waals surface area contributed by atoms with Crippen molar-refractivity contribution in [3.05, 3.63) is 101 Å². The number of hydrogen-bond acceptors (Lipinski definition) is 6. The number of benzene rings is 3. The van der Waals surface area contributed by atoms with Gasteiger partial charge in [-0.05, 0) is 69.4 Å². The molecule has 3 aromatic carbocycles. The normalized spacial score (nSPS) is 29.0. The summed E-state index contributed by atoms with van der Waals surface area (Å²) >= 11 is 6.36. The quantitative estimate of drug-likeness (QED) is 0.277. The van der Waals surface area contributed by atoms with Crippen molar-refractivity contribution in [2.75, 3.05) is 12.0 Å². The molecule has 4 aliphatic rings. The van der Waals surface area contributed by atoms with Crippen LogP contribution in [0.3, 0.4) is 0 Å². The summed E-state index contributed by atoms with van der Waals surface area (Å²) in [6.45, 7) is 5.53. The molecule has 2 aliphatic carbocycles. The van der Waals surface area contributed by atoms with E-state index >= 15 is 4.79 Å². The number of amides is 4. The van der Waals surface area contributed by atoms with Crippen LogP contribution in [-0.2, 0) is 24.6 Å². The Balaban J connectivity index is 1.52. The Morgan fingerprint density at radius 1 is 0.891 bits per heavy atom. The maximum Gasteiger partial charge on any atom is 0.246 e. The second-order valence-electron chi connectivity index (χ2n) is 13.7. The first kappa shape index (κ1) is 30.2. The van der Waals surface area contributed by atoms with Gasteiger partial charge in [0.05, 0.1) is 36.0 Å². The van der Waals surface area contributed by atoms with Gasteiger partial charge in [-0.3, -0.25) is 24.1 Å². The number of phenolic OH excluding ortho intramolecular Hbond substituents is 1. The van der Waals surface area contributed by atoms with Crippen LogP contribution in [0.25, 0.3) is 0 Å². The highest BCUT2D eigenvalue weighted by Gasteiger charge is 2.70. The average Bonchev–Trinajstić information content (AvgIpc) is 3.42. The fraction of sp³-hybridized carbons (Fsp3) is 0.351. The zero-order chi connectivity index (χ0) is 32.7. The number of hydrogen-bond donors (Lipinski definition) is 1. The number of fused-ring (bicyclic) bond motifs is 4. The zero-order valence-electron chi connectivity index (χ0n) is 26.1. The summed E-state index contributed by atoms with van der Waals surface area (Å²) in [6.07, 6.45) is 2.47. The molecular formula is C37H35ClN2O6. The van der Waals surface area contributed by atoms with Gasteiger partial charge in [-0.25, -0.2) is 4.90 Å². The van der Waals surface area contributed by atoms with Crippen molar-refractivity contribution in [3.63, 3.8) is 0 Å². The molecule has 46 heavy (non-hydrogen) atoms. The number of imide groups is 2. The number of phenols is 1. The van der Waals surface area contributed by atoms with Gasteiger partial charge in [0.15, 0.2) is 11.5 Å². The van der Waals surface area contributed by atoms with Crippen molar-refractivity contribution in [1.29, 1.82) is 0 Å². The number of halogens is 1. The van der Waals surface area contributed by atoms with Crippen molar-refractivity contribution in [2.45, 2.75) is 50.5 Å². The summed E-state index contributed by atoms with van der Waals surface area (Å²) in [5, 5.41) is 12.1. The Kier molecular flexibility index (Phi) is 6.94. The first-order chi connectivity index (χ1) is 21.9. The van der Waals surface area contributed by atoms with Gasteiger partial charge in [-0.15, -0.1) is 0 Å². The SMILES string of the molecule is COc1cccc([C@H]2C3=CC[C@@H]4C(=O)N(C(C)(C)C)C(=O)[C@@H]4[C@@H]3C[C@H]3C(=O)N(c4cccc(Cl)c4)C(=O)[C@@]23c2ccccc2)c1O. The van der Waals surface area contributed by atoms with Gasteiger partial charge in [-0.2, -0.15) is 0 Å². The first-order valence-corrected chi connectivity index (χ1v) is 15.9. The van der Waals surface area contributed by atoms with Crippen LogP contribution >= 0.6 is 11.6 Å². The Morgan fingerprint density at radius 2 is 1.61 bits per heavy atom. The second-order valence-corrected chi connectivity index (χ2v) is 14.1. The number of aromatic hydroxyl groups is 1. The number of anilines is 1. The van der Waals surface area contributed by atoms with E-state index in [0.29, 0.717) is 28.3 Å². The molecule has 6 atom stereocenters. The lowest BCUT2D eigenvalue weighted by atomic mass is 9.49. The van der Waals surface area contributed by atoms with Crippen molar-refractivity contribution in [3.8, 4) is 11.5 Å². The minimum absolute atomic E-state index is 0.140. The molecule has 0 radical (unpaired) electrons. The molecule has 2 saturated heterocycles. The first-order valence-electron chi connectivity index (χ1n) is 15.6. The van der Waals surface area contributed by atoms with E-state index in [1.807, 2.05) is 57.2 Å². The molecule has 0 unspecified atom stereocenters. The molecule has 1 saturated carbocycles. The van der Waals surface area contributed by atoms with Crippen LogP contribution in [0.2, 0.25) is 5.02 Å². The van der Waals surface area contributed by atoms with Crippen molar-refractivity contribution >= 4 is 40.9 Å². The molecule has 3 aromatic rings. The molecule has 9 heteroatoms. The smallest absolute Gasteiger partial charge is 0.246 e. The molecule has 236 valence electrons. The Hall–Kier alpha value is -4.43. The number of allylic oxidation sites excluding steroid dienone is 2. The predicted octanol–water partition coefficient (Wildman–Crippen LogP) is 6.02. The summed E-state index contributed by atoms with van der Waals surface area (Å²) < 4.78 is 5.51. The Bertz CT molecular complexity index is 1830. The topological polar surface area (TPSA) is 104 Å². The van der Waals surface area contributed by atoms with Gasteiger partial charge in [0.25, 0.3) is 0 Å². The van der Waals surface area contributed by atoms with E-state index in [0.717, 1.165) is 5.57 Å². The standard InChI is InChI=1S/C37H35ClN2O6/c1-36(2,3)40-32(42)24-17-16-23-26(29(24)34(40)44)19-27-33(43)39(22-13-8-12-21(38)18-22)35(45)37(27,20-10-6-5-7-11-20)30(23)25-14-9-15-28(46-4)31(25)41/h5-16,18,24,26-27,29-30,41H,17,19H2,1-4H3/t24-,26+,27-,29-,30+,37+/m0/s1. The van der Waals surface area contributed by atoms with Crippen LogP contribution in [-0.4, -0.2) is 46.3 Å². The fourth-order valence-electron chi connectivity index (χ4n) is 8.69. The molecule has 0 bridgehead atoms. The minimum Gasteiger partial charge on any atom is -0.504 e. The number of methoxy groups -OCH3 is 1. The van der Waals surface area contributed by atoms with Crippen LogP contribution in [0.4, 0.5) is 5.69 Å². The van der Waals surface area contributed by atoms with Crippen LogP contribution in [0.5, 0.6) is 11.5 Å². The number of nitrogens with zero attached hydrogens (tertiary/aromatic N) is 2. The van der Waals surface area contributed by atoms with E-state index in [-0.39, 0.29) is 29.7 Å². The summed E-state index contributed by atoms with van der Waals surface area (Å²) in [4.78, 5) is 60.5. The predicted molar refractivity (Wildman–Crippen MR) is 172 cm³/mol. The van der Waals surface area contributed by atoms with Crippen LogP contribution in [0.15, 0.2) is 84.4 Å². The van der Waals surface area contributed by atoms with Gasteiger partial charge in [-0.1, -0.05) is 71.8 Å². The molecule has 0 aromatic heterocycles. The Morgan fingerprint density at radius 3 is 2.28 bits per heavy atom. The summed E-state index contributed by atoms with van der Waals surface area (Å²) in [5.41, 5.74) is -0.0312. The number of likely N-dealkylation sites (tertiary alicyclic amines) is 1. The number of rotatable bonds is 4. The van der Waals surface area contributed by atoms with Crippen LogP contribution in [0.1, 0.15) is 50.7 Å². The maximum absolute atomic E-state index is 15.2. The fourth-order valence-corrected chi connectivity index (χ4v) is 8.87. The largest absolute Gasteiger partial charge is 0.504 e. The summed E-state index contributed by atoms with van der Waals surface area (Å²) in [6, 6.07) is 21.0. The molecular weight excluding hydrogens is 604 g/mol. The monoisotopic (exact) mass is 638 g/mol. The van der Waals surface area contributed by atoms with E-state index in [1.54, 1.807) is 42.5 Å². The lowest BCUT2D eigenvalue weighted by Crippen LogP contribution is -2.53. The van der Waals surface area contributed by atoms with E-state index < -0.39 is 52.4 Å². The molecule has 2 heterocycles. The lowest BCUT2D eigenvalue weighted by Gasteiger charge is -2.50. The number of carbonyl (C=O) groups is 4. The maximum atomic E-state index is 15.2. The summed E-state index contributed by atoms with van der Waals surface area (Å²) in [5.74, 6) is -4.77. The van der Waals surface area contributed by atoms with E-state index in [9.17, 15) is 19.5 Å². The molecule has 1 N–H and O–H groups in total. The van der Waals surface area contributed by atoms with E-state index in [2.05, 4.69) is 0 Å². The third kappa shape index (κ3) is 4.05. The highest BCUT2D eigenvalue weighted by molar-refractivity contribution is 6.32. The van der Waals surface area contributed by atoms with Gasteiger partial charge in [0.2, 0.25) is 23.6 Å². The lowest BCUT2D eigenvalue weighted by molar-refractivity contribution is -0.145. The zero-order valence-corrected chi connectivity index (χ0v) is 26.8. The van der Waals surface area contributed by atoms with Gasteiger partial charge < -0.3 is 9.84 Å². The van der Waals surface area contributed by atoms with Crippen molar-refractivity contribution in [2.24, 2.45) is 23.7 Å². The molecule has 2 aliphatic heterocycles. The highest BCUT2D eigenvalue weighted by Crippen LogP contribution is 2.65. The van der Waals surface area contributed by atoms with E-state index in [1.165, 1.54) is 16.9 Å². The molecule has 0 spiro atoms. The molecule has 8 nitrogen and oxygen atoms in total. The number of para-hydroxylation sites is 1. The van der Waals surface area contributed by atoms with Gasteiger partial charge in [0, 0.05) is 22.0 Å². The number of ether oxygens (including phenoxy) is 1. The molecule has 3 fully saturated rings. The molecule has 7 rings (SSSR count). The van der Waals surface area contributed by atoms with Gasteiger partial charge in [0.1, 0.15) is 0 Å². The van der Waals surface area contributed by atoms with Crippen LogP contribution < -0.4 is 9.64 Å².